The van der Waals surface area contributed by atoms with Crippen LogP contribution in [-0.4, -0.2) is 41.3 Å². The molecule has 0 saturated heterocycles. The molecule has 140 valence electrons. The van der Waals surface area contributed by atoms with Crippen LogP contribution in [-0.2, 0) is 0 Å². The highest BCUT2D eigenvalue weighted by Gasteiger charge is 2.17. The van der Waals surface area contributed by atoms with Crippen LogP contribution in [0.3, 0.4) is 0 Å². The normalized spacial score (nSPS) is 10.5. The van der Waals surface area contributed by atoms with Crippen LogP contribution in [0.2, 0.25) is 5.02 Å². The number of thioether (sulfide) groups is 1. The van der Waals surface area contributed by atoms with E-state index in [4.69, 9.17) is 21.1 Å². The highest BCUT2D eigenvalue weighted by molar-refractivity contribution is 7.98. The summed E-state index contributed by atoms with van der Waals surface area (Å²) < 4.78 is 10.6. The lowest BCUT2D eigenvalue weighted by Gasteiger charge is -2.08. The van der Waals surface area contributed by atoms with Crippen LogP contribution in [0.25, 0.3) is 11.3 Å². The van der Waals surface area contributed by atoms with Crippen LogP contribution in [0.15, 0.2) is 34.9 Å². The molecule has 2 heterocycles. The number of halogens is 1. The quantitative estimate of drug-likeness (QED) is 0.469. The minimum absolute atomic E-state index is 0.106. The van der Waals surface area contributed by atoms with Crippen LogP contribution < -0.4 is 14.8 Å². The first-order valence-corrected chi connectivity index (χ1v) is 10.1. The molecule has 3 aromatic rings. The summed E-state index contributed by atoms with van der Waals surface area (Å²) in [6, 6.07) is 5.45. The van der Waals surface area contributed by atoms with E-state index in [1.54, 1.807) is 20.3 Å². The Labute approximate surface area is 169 Å². The van der Waals surface area contributed by atoms with Gasteiger partial charge in [-0.05, 0) is 18.4 Å². The zero-order valence-electron chi connectivity index (χ0n) is 14.6. The van der Waals surface area contributed by atoms with Gasteiger partial charge in [-0.25, -0.2) is 15.0 Å². The van der Waals surface area contributed by atoms with Crippen molar-refractivity contribution in [2.24, 2.45) is 0 Å². The van der Waals surface area contributed by atoms with Gasteiger partial charge in [0.15, 0.2) is 16.0 Å². The van der Waals surface area contributed by atoms with E-state index in [1.165, 1.54) is 29.3 Å². The van der Waals surface area contributed by atoms with E-state index in [0.717, 1.165) is 5.56 Å². The summed E-state index contributed by atoms with van der Waals surface area (Å²) in [4.78, 5) is 25.1. The molecule has 0 aliphatic rings. The summed E-state index contributed by atoms with van der Waals surface area (Å²) in [5, 5.41) is 5.62. The first kappa shape index (κ1) is 19.4. The molecule has 7 nitrogen and oxygen atoms in total. The van der Waals surface area contributed by atoms with E-state index in [9.17, 15) is 4.79 Å². The van der Waals surface area contributed by atoms with Crippen molar-refractivity contribution < 1.29 is 14.3 Å². The Kier molecular flexibility index (Phi) is 6.15. The lowest BCUT2D eigenvalue weighted by atomic mass is 10.1. The van der Waals surface area contributed by atoms with Crippen molar-refractivity contribution in [2.75, 3.05) is 25.8 Å². The number of benzene rings is 1. The Balaban J connectivity index is 1.84. The maximum Gasteiger partial charge on any atom is 0.277 e. The second-order valence-electron chi connectivity index (χ2n) is 5.11. The van der Waals surface area contributed by atoms with E-state index in [2.05, 4.69) is 20.3 Å². The number of aromatic nitrogens is 3. The van der Waals surface area contributed by atoms with Gasteiger partial charge in [0, 0.05) is 17.0 Å². The third-order valence-electron chi connectivity index (χ3n) is 3.53. The Morgan fingerprint density at radius 1 is 1.26 bits per heavy atom. The van der Waals surface area contributed by atoms with Gasteiger partial charge in [-0.2, -0.15) is 0 Å². The number of ether oxygens (including phenoxy) is 2. The van der Waals surface area contributed by atoms with Crippen molar-refractivity contribution in [3.8, 4) is 22.8 Å². The van der Waals surface area contributed by atoms with Crippen molar-refractivity contribution in [1.82, 2.24) is 15.0 Å². The standard InChI is InChI=1S/C17H15ClN4O3S2/c1-24-9-4-5-10(13(6-9)25-2)12-8-27-17(20-12)22-15(23)14-11(18)7-19-16(21-14)26-3/h4-8H,1-3H3,(H,20,22,23). The Bertz CT molecular complexity index is 981. The molecule has 0 unspecified atom stereocenters. The van der Waals surface area contributed by atoms with Crippen molar-refractivity contribution in [1.29, 1.82) is 0 Å². The highest BCUT2D eigenvalue weighted by atomic mass is 35.5. The molecule has 10 heteroatoms. The van der Waals surface area contributed by atoms with Gasteiger partial charge in [-0.3, -0.25) is 10.1 Å². The molecule has 2 aromatic heterocycles. The second-order valence-corrected chi connectivity index (χ2v) is 7.15. The fraction of sp³-hybridized carbons (Fsp3) is 0.176. The molecule has 0 fully saturated rings. The largest absolute Gasteiger partial charge is 0.497 e. The molecule has 0 aliphatic heterocycles. The number of anilines is 1. The summed E-state index contributed by atoms with van der Waals surface area (Å²) in [7, 11) is 3.17. The van der Waals surface area contributed by atoms with Crippen LogP contribution in [0, 0.1) is 0 Å². The van der Waals surface area contributed by atoms with Gasteiger partial charge in [0.05, 0.1) is 31.1 Å². The average molecular weight is 423 g/mol. The molecule has 0 atom stereocenters. The maximum absolute atomic E-state index is 12.5. The number of thiazole rings is 1. The topological polar surface area (TPSA) is 86.2 Å². The fourth-order valence-corrected chi connectivity index (χ4v) is 3.45. The molecule has 3 rings (SSSR count). The van der Waals surface area contributed by atoms with Gasteiger partial charge in [-0.1, -0.05) is 23.4 Å². The summed E-state index contributed by atoms with van der Waals surface area (Å²) in [5.41, 5.74) is 1.57. The Morgan fingerprint density at radius 3 is 2.78 bits per heavy atom. The predicted octanol–water partition coefficient (Wildman–Crippen LogP) is 4.24. The molecule has 0 spiro atoms. The van der Waals surface area contributed by atoms with Crippen molar-refractivity contribution in [2.45, 2.75) is 5.16 Å². The molecule has 0 aliphatic carbocycles. The smallest absolute Gasteiger partial charge is 0.277 e. The number of nitrogens with zero attached hydrogens (tertiary/aromatic N) is 3. The number of carbonyl (C=O) groups is 1. The number of hydrogen-bond acceptors (Lipinski definition) is 8. The minimum Gasteiger partial charge on any atom is -0.497 e. The zero-order valence-corrected chi connectivity index (χ0v) is 17.0. The monoisotopic (exact) mass is 422 g/mol. The van der Waals surface area contributed by atoms with E-state index in [1.807, 2.05) is 23.8 Å². The number of rotatable bonds is 6. The number of methoxy groups -OCH3 is 2. The fourth-order valence-electron chi connectivity index (χ4n) is 2.23. The first-order valence-electron chi connectivity index (χ1n) is 7.61. The van der Waals surface area contributed by atoms with E-state index in [0.29, 0.717) is 27.5 Å². The van der Waals surface area contributed by atoms with Crippen LogP contribution in [0.5, 0.6) is 11.5 Å². The van der Waals surface area contributed by atoms with Gasteiger partial charge in [-0.15, -0.1) is 11.3 Å². The summed E-state index contributed by atoms with van der Waals surface area (Å²) in [5.74, 6) is 0.864. The third kappa shape index (κ3) is 4.32. The lowest BCUT2D eigenvalue weighted by Crippen LogP contribution is -2.15. The summed E-state index contributed by atoms with van der Waals surface area (Å²) in [6.45, 7) is 0. The van der Waals surface area contributed by atoms with E-state index in [-0.39, 0.29) is 10.7 Å². The van der Waals surface area contributed by atoms with Gasteiger partial charge in [0.25, 0.3) is 5.91 Å². The van der Waals surface area contributed by atoms with Crippen LogP contribution >= 0.6 is 34.7 Å². The summed E-state index contributed by atoms with van der Waals surface area (Å²) >= 11 is 8.66. The minimum atomic E-state index is -0.444. The molecule has 0 saturated carbocycles. The molecule has 1 N–H and O–H groups in total. The highest BCUT2D eigenvalue weighted by Crippen LogP contribution is 2.35. The van der Waals surface area contributed by atoms with E-state index < -0.39 is 5.91 Å². The molecular weight excluding hydrogens is 408 g/mol. The van der Waals surface area contributed by atoms with Crippen LogP contribution in [0.1, 0.15) is 10.5 Å². The van der Waals surface area contributed by atoms with Crippen molar-refractivity contribution >= 4 is 45.7 Å². The molecule has 1 aromatic carbocycles. The SMILES string of the molecule is COc1ccc(-c2csc(NC(=O)c3nc(SC)ncc3Cl)n2)c(OC)c1. The number of nitrogens with one attached hydrogen (secondary N) is 1. The molecule has 1 amide bonds. The Hall–Kier alpha value is -2.36. The predicted molar refractivity (Wildman–Crippen MR) is 107 cm³/mol. The molecule has 0 bridgehead atoms. The number of hydrogen-bond donors (Lipinski definition) is 1. The third-order valence-corrected chi connectivity index (χ3v) is 5.13. The van der Waals surface area contributed by atoms with Gasteiger partial charge < -0.3 is 9.47 Å². The van der Waals surface area contributed by atoms with Gasteiger partial charge >= 0.3 is 0 Å². The van der Waals surface area contributed by atoms with Gasteiger partial charge in [0.1, 0.15) is 11.5 Å². The van der Waals surface area contributed by atoms with Gasteiger partial charge in [0.2, 0.25) is 0 Å². The molecule has 27 heavy (non-hydrogen) atoms. The Morgan fingerprint density at radius 2 is 2.07 bits per heavy atom. The van der Waals surface area contributed by atoms with Crippen molar-refractivity contribution in [3.63, 3.8) is 0 Å². The van der Waals surface area contributed by atoms with Crippen LogP contribution in [0.4, 0.5) is 5.13 Å². The maximum atomic E-state index is 12.5. The van der Waals surface area contributed by atoms with E-state index >= 15 is 0 Å². The number of amides is 1. The number of carbonyl (C=O) groups excluding carboxylic acids is 1. The average Bonchev–Trinajstić information content (AvgIpc) is 3.15. The second kappa shape index (κ2) is 8.55. The zero-order chi connectivity index (χ0) is 19.4. The lowest BCUT2D eigenvalue weighted by molar-refractivity contribution is 0.102. The van der Waals surface area contributed by atoms with Crippen molar-refractivity contribution in [3.05, 3.63) is 40.5 Å². The molecule has 0 radical (unpaired) electrons. The summed E-state index contributed by atoms with van der Waals surface area (Å²) in [6.07, 6.45) is 3.23. The molecular formula is C17H15ClN4O3S2. The first-order chi connectivity index (χ1) is 13.0.